The Labute approximate surface area is 138 Å². The number of ether oxygens (including phenoxy) is 1. The molecule has 2 rings (SSSR count). The summed E-state index contributed by atoms with van der Waals surface area (Å²) in [4.78, 5) is 23.2. The molecule has 0 bridgehead atoms. The maximum absolute atomic E-state index is 13.4. The minimum atomic E-state index is -0.578. The van der Waals surface area contributed by atoms with Crippen LogP contribution in [0.15, 0.2) is 48.5 Å². The Bertz CT molecular complexity index is 702. The van der Waals surface area contributed by atoms with Gasteiger partial charge in [-0.1, -0.05) is 30.3 Å². The van der Waals surface area contributed by atoms with Gasteiger partial charge in [-0.05, 0) is 35.7 Å². The molecular weight excluding hydrogens is 316 g/mol. The largest absolute Gasteiger partial charge is 0.455 e. The highest BCUT2D eigenvalue weighted by molar-refractivity contribution is 5.81. The molecule has 0 saturated carbocycles. The minimum absolute atomic E-state index is 0.0389. The molecule has 0 aromatic heterocycles. The Morgan fingerprint density at radius 1 is 1.00 bits per heavy atom. The van der Waals surface area contributed by atoms with Crippen LogP contribution in [0.2, 0.25) is 0 Å². The fourth-order valence-corrected chi connectivity index (χ4v) is 2.05. The molecule has 126 valence electrons. The summed E-state index contributed by atoms with van der Waals surface area (Å²) in [7, 11) is 0. The van der Waals surface area contributed by atoms with Gasteiger partial charge in [0.05, 0.1) is 6.42 Å². The van der Waals surface area contributed by atoms with Crippen LogP contribution in [0.3, 0.4) is 0 Å². The highest BCUT2D eigenvalue weighted by Gasteiger charge is 2.09. The molecule has 0 spiro atoms. The van der Waals surface area contributed by atoms with Crippen LogP contribution in [0.5, 0.6) is 0 Å². The van der Waals surface area contributed by atoms with Crippen LogP contribution in [0.25, 0.3) is 0 Å². The lowest BCUT2D eigenvalue weighted by atomic mass is 10.1. The number of carbonyl (C=O) groups excluding carboxylic acids is 2. The van der Waals surface area contributed by atoms with Crippen molar-refractivity contribution in [2.24, 2.45) is 0 Å². The van der Waals surface area contributed by atoms with E-state index in [0.717, 1.165) is 0 Å². The van der Waals surface area contributed by atoms with E-state index >= 15 is 0 Å². The van der Waals surface area contributed by atoms with Gasteiger partial charge in [-0.2, -0.15) is 0 Å². The number of carbonyl (C=O) groups is 2. The molecule has 0 aliphatic heterocycles. The van der Waals surface area contributed by atoms with Crippen molar-refractivity contribution < 1.29 is 23.1 Å². The molecule has 0 radical (unpaired) electrons. The number of hydrogen-bond donors (Lipinski definition) is 1. The highest BCUT2D eigenvalue weighted by Crippen LogP contribution is 2.06. The zero-order valence-electron chi connectivity index (χ0n) is 12.9. The fraction of sp³-hybridized carbons (Fsp3) is 0.222. The normalized spacial score (nSPS) is 10.2. The molecule has 0 aliphatic carbocycles. The van der Waals surface area contributed by atoms with Crippen LogP contribution >= 0.6 is 0 Å². The third kappa shape index (κ3) is 5.79. The third-order valence-corrected chi connectivity index (χ3v) is 3.30. The molecular formula is C18H17F2NO3. The van der Waals surface area contributed by atoms with E-state index in [9.17, 15) is 18.4 Å². The number of halogens is 2. The Morgan fingerprint density at radius 2 is 1.71 bits per heavy atom. The molecule has 2 aromatic rings. The van der Waals surface area contributed by atoms with Crippen molar-refractivity contribution >= 4 is 11.9 Å². The molecule has 1 amide bonds. The lowest BCUT2D eigenvalue weighted by molar-refractivity contribution is -0.147. The first-order chi connectivity index (χ1) is 11.5. The van der Waals surface area contributed by atoms with Crippen LogP contribution in [-0.2, 0) is 27.2 Å². The second-order valence-electron chi connectivity index (χ2n) is 5.16. The molecule has 0 atom stereocenters. The summed E-state index contributed by atoms with van der Waals surface area (Å²) in [6.07, 6.45) is 0.310. The molecule has 24 heavy (non-hydrogen) atoms. The van der Waals surface area contributed by atoms with Crippen LogP contribution in [0.1, 0.15) is 11.1 Å². The molecule has 1 N–H and O–H groups in total. The summed E-state index contributed by atoms with van der Waals surface area (Å²) in [6, 6.07) is 11.8. The van der Waals surface area contributed by atoms with E-state index < -0.39 is 18.5 Å². The van der Waals surface area contributed by atoms with Crippen LogP contribution in [0, 0.1) is 11.6 Å². The zero-order chi connectivity index (χ0) is 17.4. The van der Waals surface area contributed by atoms with Gasteiger partial charge in [-0.25, -0.2) is 8.78 Å². The van der Waals surface area contributed by atoms with Crippen molar-refractivity contribution in [3.05, 3.63) is 71.3 Å². The van der Waals surface area contributed by atoms with Crippen molar-refractivity contribution in [2.75, 3.05) is 13.2 Å². The van der Waals surface area contributed by atoms with E-state index in [0.29, 0.717) is 17.5 Å². The standard InChI is InChI=1S/C18H17F2NO3/c19-15-7-5-13(6-8-15)11-18(23)24-12-17(22)21-10-9-14-3-1-2-4-16(14)20/h1-8H,9-12H2,(H,21,22). The number of rotatable bonds is 7. The first kappa shape index (κ1) is 17.6. The van der Waals surface area contributed by atoms with E-state index in [1.807, 2.05) is 0 Å². The molecule has 0 heterocycles. The number of esters is 1. The van der Waals surface area contributed by atoms with Gasteiger partial charge in [0.25, 0.3) is 5.91 Å². The van der Waals surface area contributed by atoms with Gasteiger partial charge < -0.3 is 10.1 Å². The van der Waals surface area contributed by atoms with Gasteiger partial charge in [-0.3, -0.25) is 9.59 Å². The number of nitrogens with one attached hydrogen (secondary N) is 1. The molecule has 0 saturated heterocycles. The highest BCUT2D eigenvalue weighted by atomic mass is 19.1. The van der Waals surface area contributed by atoms with Crippen molar-refractivity contribution in [2.45, 2.75) is 12.8 Å². The summed E-state index contributed by atoms with van der Waals surface area (Å²) >= 11 is 0. The molecule has 0 aliphatic rings. The van der Waals surface area contributed by atoms with Crippen molar-refractivity contribution in [3.8, 4) is 0 Å². The van der Waals surface area contributed by atoms with E-state index in [1.54, 1.807) is 18.2 Å². The number of hydrogen-bond acceptors (Lipinski definition) is 3. The Balaban J connectivity index is 1.66. The Hall–Kier alpha value is -2.76. The zero-order valence-corrected chi connectivity index (χ0v) is 12.9. The minimum Gasteiger partial charge on any atom is -0.455 e. The summed E-state index contributed by atoms with van der Waals surface area (Å²) < 4.78 is 31.0. The summed E-state index contributed by atoms with van der Waals surface area (Å²) in [5, 5.41) is 2.55. The maximum atomic E-state index is 13.4. The predicted molar refractivity (Wildman–Crippen MR) is 84.2 cm³/mol. The molecule has 0 unspecified atom stereocenters. The van der Waals surface area contributed by atoms with Crippen molar-refractivity contribution in [1.82, 2.24) is 5.32 Å². The smallest absolute Gasteiger partial charge is 0.310 e. The predicted octanol–water partition coefficient (Wildman–Crippen LogP) is 2.41. The summed E-state index contributed by atoms with van der Waals surface area (Å²) in [6.45, 7) is -0.160. The molecule has 2 aromatic carbocycles. The summed E-state index contributed by atoms with van der Waals surface area (Å²) in [5.41, 5.74) is 1.10. The molecule has 0 fully saturated rings. The Morgan fingerprint density at radius 3 is 2.42 bits per heavy atom. The monoisotopic (exact) mass is 333 g/mol. The van der Waals surface area contributed by atoms with E-state index in [-0.39, 0.29) is 24.6 Å². The van der Waals surface area contributed by atoms with Crippen LogP contribution in [0.4, 0.5) is 8.78 Å². The second-order valence-corrected chi connectivity index (χ2v) is 5.16. The van der Waals surface area contributed by atoms with Crippen molar-refractivity contribution in [3.63, 3.8) is 0 Å². The van der Waals surface area contributed by atoms with E-state index in [1.165, 1.54) is 30.3 Å². The average Bonchev–Trinajstić information content (AvgIpc) is 2.57. The van der Waals surface area contributed by atoms with Crippen LogP contribution < -0.4 is 5.32 Å². The lowest BCUT2D eigenvalue weighted by Gasteiger charge is -2.07. The third-order valence-electron chi connectivity index (χ3n) is 3.30. The first-order valence-electron chi connectivity index (χ1n) is 7.45. The number of benzene rings is 2. The van der Waals surface area contributed by atoms with E-state index in [2.05, 4.69) is 5.32 Å². The molecule has 4 nitrogen and oxygen atoms in total. The van der Waals surface area contributed by atoms with Gasteiger partial charge in [0.2, 0.25) is 0 Å². The van der Waals surface area contributed by atoms with Gasteiger partial charge >= 0.3 is 5.97 Å². The first-order valence-corrected chi connectivity index (χ1v) is 7.45. The van der Waals surface area contributed by atoms with Crippen LogP contribution in [-0.4, -0.2) is 25.0 Å². The van der Waals surface area contributed by atoms with Gasteiger partial charge in [0, 0.05) is 6.54 Å². The van der Waals surface area contributed by atoms with Gasteiger partial charge in [-0.15, -0.1) is 0 Å². The average molecular weight is 333 g/mol. The van der Waals surface area contributed by atoms with E-state index in [4.69, 9.17) is 4.74 Å². The lowest BCUT2D eigenvalue weighted by Crippen LogP contribution is -2.30. The number of amides is 1. The molecule has 6 heteroatoms. The maximum Gasteiger partial charge on any atom is 0.310 e. The second kappa shape index (κ2) is 8.76. The Kier molecular flexibility index (Phi) is 6.42. The van der Waals surface area contributed by atoms with Crippen molar-refractivity contribution in [1.29, 1.82) is 0 Å². The van der Waals surface area contributed by atoms with Gasteiger partial charge in [0.15, 0.2) is 6.61 Å². The van der Waals surface area contributed by atoms with Gasteiger partial charge in [0.1, 0.15) is 11.6 Å². The fourth-order valence-electron chi connectivity index (χ4n) is 2.05. The SMILES string of the molecule is O=C(COC(=O)Cc1ccc(F)cc1)NCCc1ccccc1F. The quantitative estimate of drug-likeness (QED) is 0.792. The summed E-state index contributed by atoms with van der Waals surface area (Å²) in [5.74, 6) is -1.75. The topological polar surface area (TPSA) is 55.4 Å².